The third kappa shape index (κ3) is 3.25. The second-order valence-electron chi connectivity index (χ2n) is 5.51. The number of para-hydroxylation sites is 1. The van der Waals surface area contributed by atoms with Crippen LogP contribution in [0.2, 0.25) is 0 Å². The molecule has 0 aliphatic rings. The van der Waals surface area contributed by atoms with Gasteiger partial charge in [0.1, 0.15) is 12.2 Å². The van der Waals surface area contributed by atoms with E-state index in [0.717, 1.165) is 10.2 Å². The van der Waals surface area contributed by atoms with Crippen molar-refractivity contribution in [1.29, 1.82) is 0 Å². The fourth-order valence-electron chi connectivity index (χ4n) is 2.53. The predicted octanol–water partition coefficient (Wildman–Crippen LogP) is 0.707. The second kappa shape index (κ2) is 6.56. The Kier molecular flexibility index (Phi) is 4.30. The summed E-state index contributed by atoms with van der Waals surface area (Å²) in [5, 5.41) is 18.1. The number of carboxylic acid groups (broad SMARTS) is 1. The Morgan fingerprint density at radius 3 is 2.40 bits per heavy atom. The Morgan fingerprint density at radius 1 is 1.08 bits per heavy atom. The molecule has 0 bridgehead atoms. The molecule has 0 unspecified atom stereocenters. The number of aromatic carboxylic acids is 1. The van der Waals surface area contributed by atoms with Gasteiger partial charge in [0.25, 0.3) is 5.56 Å². The van der Waals surface area contributed by atoms with E-state index in [0.29, 0.717) is 5.69 Å². The molecule has 2 aromatic carbocycles. The van der Waals surface area contributed by atoms with Crippen molar-refractivity contribution in [1.82, 2.24) is 9.78 Å². The summed E-state index contributed by atoms with van der Waals surface area (Å²) in [6.07, 6.45) is 0. The van der Waals surface area contributed by atoms with Crippen LogP contribution in [0.4, 0.5) is 5.69 Å². The lowest BCUT2D eigenvalue weighted by Crippen LogP contribution is -2.34. The number of benzene rings is 2. The molecule has 0 aliphatic heterocycles. The van der Waals surface area contributed by atoms with Crippen molar-refractivity contribution in [2.45, 2.75) is 13.5 Å². The first kappa shape index (κ1) is 16.4. The van der Waals surface area contributed by atoms with Gasteiger partial charge in [0.05, 0.1) is 11.4 Å². The fraction of sp³-hybridized carbons (Fsp3) is 0.111. The highest BCUT2D eigenvalue weighted by Gasteiger charge is 2.13. The Balaban J connectivity index is 1.97. The molecule has 0 aliphatic carbocycles. The lowest BCUT2D eigenvalue weighted by Gasteiger charge is -2.12. The zero-order valence-corrected chi connectivity index (χ0v) is 13.4. The van der Waals surface area contributed by atoms with Gasteiger partial charge in [0, 0.05) is 11.1 Å². The van der Waals surface area contributed by atoms with E-state index in [2.05, 4.69) is 10.4 Å². The number of hydrogen-bond donors (Lipinski definition) is 1. The fourth-order valence-corrected chi connectivity index (χ4v) is 2.53. The van der Waals surface area contributed by atoms with Crippen LogP contribution in [0.3, 0.4) is 0 Å². The summed E-state index contributed by atoms with van der Waals surface area (Å²) >= 11 is 0. The predicted molar refractivity (Wildman–Crippen MR) is 90.1 cm³/mol. The second-order valence-corrected chi connectivity index (χ2v) is 5.51. The molecule has 126 valence electrons. The molecule has 0 radical (unpaired) electrons. The number of fused-ring (bicyclic) bond motifs is 1. The maximum Gasteiger partial charge on any atom is 0.275 e. The van der Waals surface area contributed by atoms with Crippen molar-refractivity contribution in [3.63, 3.8) is 0 Å². The number of carbonyl (C=O) groups excluding carboxylic acids is 2. The SMILES string of the molecule is Cc1ccccc1NC(=O)Cn1nc(C(=O)[O-])c2ccccc2c1=O. The molecule has 0 saturated heterocycles. The first-order chi connectivity index (χ1) is 12.0. The Bertz CT molecular complexity index is 1040. The van der Waals surface area contributed by atoms with Gasteiger partial charge < -0.3 is 15.2 Å². The van der Waals surface area contributed by atoms with Gasteiger partial charge in [-0.2, -0.15) is 5.10 Å². The number of aromatic nitrogens is 2. The quantitative estimate of drug-likeness (QED) is 0.755. The smallest absolute Gasteiger partial charge is 0.275 e. The summed E-state index contributed by atoms with van der Waals surface area (Å²) in [6, 6.07) is 13.4. The van der Waals surface area contributed by atoms with E-state index in [-0.39, 0.29) is 16.5 Å². The summed E-state index contributed by atoms with van der Waals surface area (Å²) in [5.41, 5.74) is 0.561. The molecular weight excluding hydrogens is 322 g/mol. The molecule has 0 spiro atoms. The van der Waals surface area contributed by atoms with Gasteiger partial charge in [-0.05, 0) is 24.6 Å². The molecule has 0 fully saturated rings. The molecule has 3 aromatic rings. The van der Waals surface area contributed by atoms with Gasteiger partial charge in [-0.15, -0.1) is 0 Å². The van der Waals surface area contributed by atoms with Gasteiger partial charge >= 0.3 is 0 Å². The van der Waals surface area contributed by atoms with E-state index < -0.39 is 24.0 Å². The molecule has 1 amide bonds. The Labute approximate surface area is 142 Å². The van der Waals surface area contributed by atoms with Gasteiger partial charge in [-0.25, -0.2) is 4.68 Å². The van der Waals surface area contributed by atoms with Crippen molar-refractivity contribution in [2.75, 3.05) is 5.32 Å². The van der Waals surface area contributed by atoms with Crippen LogP contribution in [-0.4, -0.2) is 21.7 Å². The van der Waals surface area contributed by atoms with E-state index in [1.165, 1.54) is 12.1 Å². The number of carbonyl (C=O) groups is 2. The van der Waals surface area contributed by atoms with Crippen LogP contribution in [-0.2, 0) is 11.3 Å². The third-order valence-corrected chi connectivity index (χ3v) is 3.77. The Hall–Kier alpha value is -3.48. The molecule has 7 nitrogen and oxygen atoms in total. The molecule has 0 atom stereocenters. The number of aryl methyl sites for hydroxylation is 1. The van der Waals surface area contributed by atoms with Crippen molar-refractivity contribution in [3.8, 4) is 0 Å². The van der Waals surface area contributed by atoms with Crippen LogP contribution in [0.25, 0.3) is 10.8 Å². The minimum atomic E-state index is -1.51. The molecule has 0 saturated carbocycles. The third-order valence-electron chi connectivity index (χ3n) is 3.77. The highest BCUT2D eigenvalue weighted by atomic mass is 16.4. The number of hydrogen-bond acceptors (Lipinski definition) is 5. The van der Waals surface area contributed by atoms with Crippen LogP contribution in [0, 0.1) is 6.92 Å². The summed E-state index contributed by atoms with van der Waals surface area (Å²) in [6.45, 7) is 1.43. The van der Waals surface area contributed by atoms with Gasteiger partial charge in [0.2, 0.25) is 5.91 Å². The van der Waals surface area contributed by atoms with Crippen LogP contribution >= 0.6 is 0 Å². The van der Waals surface area contributed by atoms with E-state index in [1.807, 2.05) is 19.1 Å². The summed E-state index contributed by atoms with van der Waals surface area (Å²) < 4.78 is 0.834. The minimum absolute atomic E-state index is 0.167. The van der Waals surface area contributed by atoms with Crippen molar-refractivity contribution < 1.29 is 14.7 Å². The lowest BCUT2D eigenvalue weighted by atomic mass is 10.1. The largest absolute Gasteiger partial charge is 0.543 e. The summed E-state index contributed by atoms with van der Waals surface area (Å²) in [7, 11) is 0. The topological polar surface area (TPSA) is 104 Å². The zero-order chi connectivity index (χ0) is 18.0. The average Bonchev–Trinajstić information content (AvgIpc) is 2.59. The van der Waals surface area contributed by atoms with E-state index >= 15 is 0 Å². The lowest BCUT2D eigenvalue weighted by molar-refractivity contribution is -0.255. The molecule has 3 rings (SSSR count). The molecular formula is C18H14N3O4-. The molecule has 25 heavy (non-hydrogen) atoms. The molecule has 1 heterocycles. The van der Waals surface area contributed by atoms with Crippen LogP contribution < -0.4 is 16.0 Å². The van der Waals surface area contributed by atoms with E-state index in [4.69, 9.17) is 0 Å². The van der Waals surface area contributed by atoms with E-state index in [1.54, 1.807) is 24.3 Å². The highest BCUT2D eigenvalue weighted by Crippen LogP contribution is 2.14. The number of carboxylic acids is 1. The maximum atomic E-state index is 12.5. The number of anilines is 1. The molecule has 7 heteroatoms. The van der Waals surface area contributed by atoms with Gasteiger partial charge in [0.15, 0.2) is 0 Å². The minimum Gasteiger partial charge on any atom is -0.543 e. The molecule has 1 aromatic heterocycles. The normalized spacial score (nSPS) is 10.6. The van der Waals surface area contributed by atoms with Crippen molar-refractivity contribution >= 4 is 28.3 Å². The first-order valence-electron chi connectivity index (χ1n) is 7.54. The zero-order valence-electron chi connectivity index (χ0n) is 13.4. The number of nitrogens with one attached hydrogen (secondary N) is 1. The monoisotopic (exact) mass is 336 g/mol. The van der Waals surface area contributed by atoms with Crippen molar-refractivity contribution in [2.24, 2.45) is 0 Å². The average molecular weight is 336 g/mol. The van der Waals surface area contributed by atoms with Crippen LogP contribution in [0.15, 0.2) is 53.3 Å². The van der Waals surface area contributed by atoms with Gasteiger partial charge in [-0.3, -0.25) is 9.59 Å². The standard InChI is InChI=1S/C18H15N3O4/c1-11-6-2-5-9-14(11)19-15(22)10-21-17(23)13-8-4-3-7-12(13)16(20-21)18(24)25/h2-9H,10H2,1H3,(H,19,22)(H,24,25)/p-1. The van der Waals surface area contributed by atoms with Crippen LogP contribution in [0.5, 0.6) is 0 Å². The summed E-state index contributed by atoms with van der Waals surface area (Å²) in [5.74, 6) is -1.99. The summed E-state index contributed by atoms with van der Waals surface area (Å²) in [4.78, 5) is 36.0. The highest BCUT2D eigenvalue weighted by molar-refractivity contribution is 6.00. The maximum absolute atomic E-state index is 12.5. The van der Waals surface area contributed by atoms with Gasteiger partial charge in [-0.1, -0.05) is 36.4 Å². The number of amides is 1. The van der Waals surface area contributed by atoms with E-state index in [9.17, 15) is 19.5 Å². The number of nitrogens with zero attached hydrogens (tertiary/aromatic N) is 2. The van der Waals surface area contributed by atoms with Crippen LogP contribution in [0.1, 0.15) is 16.1 Å². The van der Waals surface area contributed by atoms with Crippen molar-refractivity contribution in [3.05, 3.63) is 70.1 Å². The number of rotatable bonds is 4. The molecule has 1 N–H and O–H groups in total. The Morgan fingerprint density at radius 2 is 1.72 bits per heavy atom. The first-order valence-corrected chi connectivity index (χ1v) is 7.54.